The predicted octanol–water partition coefficient (Wildman–Crippen LogP) is 1.01. The van der Waals surface area contributed by atoms with E-state index in [4.69, 9.17) is 4.74 Å². The molecule has 4 nitrogen and oxygen atoms in total. The Morgan fingerprint density at radius 1 is 1.53 bits per heavy atom. The molecule has 0 radical (unpaired) electrons. The van der Waals surface area contributed by atoms with E-state index in [1.54, 1.807) is 0 Å². The minimum Gasteiger partial charge on any atom is -0.377 e. The molecular formula is C13H24N2O2. The van der Waals surface area contributed by atoms with Crippen LogP contribution in [-0.2, 0) is 9.53 Å². The fourth-order valence-corrected chi connectivity index (χ4v) is 2.87. The second kappa shape index (κ2) is 5.83. The quantitative estimate of drug-likeness (QED) is 0.783. The summed E-state index contributed by atoms with van der Waals surface area (Å²) in [5, 5.41) is 3.40. The van der Waals surface area contributed by atoms with E-state index < -0.39 is 0 Å². The Morgan fingerprint density at radius 3 is 3.06 bits per heavy atom. The van der Waals surface area contributed by atoms with Gasteiger partial charge in [0.15, 0.2) is 0 Å². The van der Waals surface area contributed by atoms with Crippen molar-refractivity contribution < 1.29 is 9.53 Å². The maximum Gasteiger partial charge on any atom is 0.226 e. The number of nitrogens with zero attached hydrogens (tertiary/aromatic N) is 1. The topological polar surface area (TPSA) is 41.6 Å². The number of hydrogen-bond donors (Lipinski definition) is 1. The fourth-order valence-electron chi connectivity index (χ4n) is 2.87. The zero-order valence-electron chi connectivity index (χ0n) is 10.9. The molecule has 17 heavy (non-hydrogen) atoms. The lowest BCUT2D eigenvalue weighted by Crippen LogP contribution is -2.52. The Kier molecular flexibility index (Phi) is 4.40. The van der Waals surface area contributed by atoms with Gasteiger partial charge in [0.1, 0.15) is 0 Å². The predicted molar refractivity (Wildman–Crippen MR) is 66.8 cm³/mol. The van der Waals surface area contributed by atoms with E-state index in [1.165, 1.54) is 0 Å². The van der Waals surface area contributed by atoms with E-state index in [1.807, 2.05) is 0 Å². The summed E-state index contributed by atoms with van der Waals surface area (Å²) in [6, 6.07) is 0.764. The average molecular weight is 240 g/mol. The molecule has 4 heteroatoms. The van der Waals surface area contributed by atoms with Gasteiger partial charge in [0, 0.05) is 18.5 Å². The maximum absolute atomic E-state index is 12.5. The smallest absolute Gasteiger partial charge is 0.226 e. The average Bonchev–Trinajstić information content (AvgIpc) is 2.38. The lowest BCUT2D eigenvalue weighted by atomic mass is 9.91. The number of ether oxygens (including phenoxy) is 1. The number of morpholine rings is 1. The SMILES string of the molecule is CCC1COCCN1C(=O)C1CCNC(C)C1. The Balaban J connectivity index is 1.97. The molecule has 2 aliphatic heterocycles. The summed E-state index contributed by atoms with van der Waals surface area (Å²) in [7, 11) is 0. The molecule has 0 saturated carbocycles. The standard InChI is InChI=1S/C13H24N2O2/c1-3-12-9-17-7-6-15(12)13(16)11-4-5-14-10(2)8-11/h10-12,14H,3-9H2,1-2H3. The van der Waals surface area contributed by atoms with Crippen molar-refractivity contribution in [2.24, 2.45) is 5.92 Å². The summed E-state index contributed by atoms with van der Waals surface area (Å²) in [6.07, 6.45) is 2.95. The van der Waals surface area contributed by atoms with Crippen molar-refractivity contribution in [3.05, 3.63) is 0 Å². The molecule has 0 spiro atoms. The summed E-state index contributed by atoms with van der Waals surface area (Å²) in [5.41, 5.74) is 0. The second-order valence-electron chi connectivity index (χ2n) is 5.25. The van der Waals surface area contributed by atoms with Crippen LogP contribution >= 0.6 is 0 Å². The minimum atomic E-state index is 0.221. The highest BCUT2D eigenvalue weighted by Gasteiger charge is 2.33. The molecule has 2 heterocycles. The van der Waals surface area contributed by atoms with Gasteiger partial charge in [-0.1, -0.05) is 6.92 Å². The Hall–Kier alpha value is -0.610. The summed E-state index contributed by atoms with van der Waals surface area (Å²) >= 11 is 0. The van der Waals surface area contributed by atoms with Crippen LogP contribution in [0.3, 0.4) is 0 Å². The molecule has 0 aromatic heterocycles. The van der Waals surface area contributed by atoms with Gasteiger partial charge in [-0.3, -0.25) is 4.79 Å². The highest BCUT2D eigenvalue weighted by Crippen LogP contribution is 2.22. The highest BCUT2D eigenvalue weighted by molar-refractivity contribution is 5.79. The Bertz CT molecular complexity index is 270. The highest BCUT2D eigenvalue weighted by atomic mass is 16.5. The van der Waals surface area contributed by atoms with Crippen molar-refractivity contribution in [3.8, 4) is 0 Å². The van der Waals surface area contributed by atoms with Gasteiger partial charge >= 0.3 is 0 Å². The molecule has 2 aliphatic rings. The first-order valence-electron chi connectivity index (χ1n) is 6.84. The van der Waals surface area contributed by atoms with Crippen LogP contribution in [0.25, 0.3) is 0 Å². The third-order valence-electron chi connectivity index (χ3n) is 3.95. The third kappa shape index (κ3) is 2.99. The van der Waals surface area contributed by atoms with Crippen LogP contribution in [0, 0.1) is 5.92 Å². The monoisotopic (exact) mass is 240 g/mol. The molecule has 3 unspecified atom stereocenters. The van der Waals surface area contributed by atoms with Crippen LogP contribution in [0.2, 0.25) is 0 Å². The van der Waals surface area contributed by atoms with Gasteiger partial charge < -0.3 is 15.0 Å². The summed E-state index contributed by atoms with van der Waals surface area (Å²) in [4.78, 5) is 14.6. The Morgan fingerprint density at radius 2 is 2.35 bits per heavy atom. The number of carbonyl (C=O) groups is 1. The largest absolute Gasteiger partial charge is 0.377 e. The number of amides is 1. The number of piperidine rings is 1. The zero-order valence-corrected chi connectivity index (χ0v) is 10.9. The van der Waals surface area contributed by atoms with E-state index in [9.17, 15) is 4.79 Å². The fraction of sp³-hybridized carbons (Fsp3) is 0.923. The molecule has 1 N–H and O–H groups in total. The van der Waals surface area contributed by atoms with Gasteiger partial charge in [-0.15, -0.1) is 0 Å². The van der Waals surface area contributed by atoms with E-state index in [0.717, 1.165) is 32.4 Å². The van der Waals surface area contributed by atoms with Gasteiger partial charge in [-0.05, 0) is 32.7 Å². The van der Waals surface area contributed by atoms with E-state index in [-0.39, 0.29) is 5.92 Å². The third-order valence-corrected chi connectivity index (χ3v) is 3.95. The van der Waals surface area contributed by atoms with Gasteiger partial charge in [0.05, 0.1) is 19.3 Å². The zero-order chi connectivity index (χ0) is 12.3. The van der Waals surface area contributed by atoms with Gasteiger partial charge in [-0.2, -0.15) is 0 Å². The lowest BCUT2D eigenvalue weighted by Gasteiger charge is -2.39. The van der Waals surface area contributed by atoms with Crippen LogP contribution in [0.1, 0.15) is 33.1 Å². The number of rotatable bonds is 2. The van der Waals surface area contributed by atoms with Crippen molar-refractivity contribution in [3.63, 3.8) is 0 Å². The first-order chi connectivity index (χ1) is 8.22. The van der Waals surface area contributed by atoms with Crippen LogP contribution in [-0.4, -0.2) is 49.2 Å². The number of hydrogen-bond acceptors (Lipinski definition) is 3. The second-order valence-corrected chi connectivity index (χ2v) is 5.25. The maximum atomic E-state index is 12.5. The van der Waals surface area contributed by atoms with Crippen LogP contribution in [0.4, 0.5) is 0 Å². The molecule has 3 atom stereocenters. The van der Waals surface area contributed by atoms with Crippen LogP contribution in [0.15, 0.2) is 0 Å². The lowest BCUT2D eigenvalue weighted by molar-refractivity contribution is -0.145. The van der Waals surface area contributed by atoms with Gasteiger partial charge in [0.2, 0.25) is 5.91 Å². The molecule has 1 amide bonds. The normalized spacial score (nSPS) is 34.7. The van der Waals surface area contributed by atoms with E-state index in [2.05, 4.69) is 24.1 Å². The first kappa shape index (κ1) is 12.8. The van der Waals surface area contributed by atoms with Crippen molar-refractivity contribution in [2.45, 2.75) is 45.2 Å². The van der Waals surface area contributed by atoms with Gasteiger partial charge in [-0.25, -0.2) is 0 Å². The molecule has 2 rings (SSSR count). The Labute approximate surface area is 104 Å². The van der Waals surface area contributed by atoms with Gasteiger partial charge in [0.25, 0.3) is 0 Å². The molecule has 2 fully saturated rings. The molecule has 0 aliphatic carbocycles. The molecule has 98 valence electrons. The minimum absolute atomic E-state index is 0.221. The molecule has 0 bridgehead atoms. The van der Waals surface area contributed by atoms with Crippen LogP contribution < -0.4 is 5.32 Å². The van der Waals surface area contributed by atoms with Crippen molar-refractivity contribution in [1.29, 1.82) is 0 Å². The summed E-state index contributed by atoms with van der Waals surface area (Å²) in [5.74, 6) is 0.576. The van der Waals surface area contributed by atoms with E-state index in [0.29, 0.717) is 31.2 Å². The summed E-state index contributed by atoms with van der Waals surface area (Å²) in [6.45, 7) is 7.45. The van der Waals surface area contributed by atoms with Crippen molar-refractivity contribution >= 4 is 5.91 Å². The van der Waals surface area contributed by atoms with Crippen molar-refractivity contribution in [2.75, 3.05) is 26.3 Å². The first-order valence-corrected chi connectivity index (χ1v) is 6.84. The number of carbonyl (C=O) groups excluding carboxylic acids is 1. The number of nitrogens with one attached hydrogen (secondary N) is 1. The van der Waals surface area contributed by atoms with Crippen molar-refractivity contribution in [1.82, 2.24) is 10.2 Å². The van der Waals surface area contributed by atoms with Crippen LogP contribution in [0.5, 0.6) is 0 Å². The molecule has 2 saturated heterocycles. The van der Waals surface area contributed by atoms with E-state index >= 15 is 0 Å². The molecular weight excluding hydrogens is 216 g/mol. The molecule has 0 aromatic carbocycles. The summed E-state index contributed by atoms with van der Waals surface area (Å²) < 4.78 is 5.46. The molecule has 0 aromatic rings.